The Hall–Kier alpha value is -1.51. The molecule has 3 nitrogen and oxygen atoms in total. The number of carbonyl (C=O) groups is 1. The zero-order valence-corrected chi connectivity index (χ0v) is 11.2. The smallest absolute Gasteiger partial charge is 0.223 e. The SMILES string of the molecule is CC[C@H]1C(=O)N[C@H]2C[C@@H]1C[C@@H]1Nc3ccccc3[C@H]21. The molecule has 3 aliphatic rings. The van der Waals surface area contributed by atoms with Crippen LogP contribution in [0.25, 0.3) is 0 Å². The van der Waals surface area contributed by atoms with Gasteiger partial charge in [-0.15, -0.1) is 0 Å². The predicted octanol–water partition coefficient (Wildman–Crippen LogP) is 2.50. The van der Waals surface area contributed by atoms with Gasteiger partial charge in [-0.2, -0.15) is 0 Å². The van der Waals surface area contributed by atoms with Gasteiger partial charge in [0.25, 0.3) is 0 Å². The lowest BCUT2D eigenvalue weighted by Gasteiger charge is -2.46. The van der Waals surface area contributed by atoms with Gasteiger partial charge in [0.05, 0.1) is 0 Å². The van der Waals surface area contributed by atoms with Gasteiger partial charge in [0.1, 0.15) is 0 Å². The molecule has 100 valence electrons. The van der Waals surface area contributed by atoms with Crippen LogP contribution in [0.5, 0.6) is 0 Å². The monoisotopic (exact) mass is 256 g/mol. The molecule has 19 heavy (non-hydrogen) atoms. The third-order valence-electron chi connectivity index (χ3n) is 5.31. The van der Waals surface area contributed by atoms with Crippen LogP contribution >= 0.6 is 0 Å². The molecule has 2 N–H and O–H groups in total. The summed E-state index contributed by atoms with van der Waals surface area (Å²) in [6, 6.07) is 9.41. The van der Waals surface area contributed by atoms with Crippen molar-refractivity contribution in [2.24, 2.45) is 11.8 Å². The van der Waals surface area contributed by atoms with Gasteiger partial charge in [-0.05, 0) is 36.8 Å². The van der Waals surface area contributed by atoms with Crippen molar-refractivity contribution >= 4 is 11.6 Å². The molecule has 2 bridgehead atoms. The number of carbonyl (C=O) groups excluding carboxylic acids is 1. The first-order valence-electron chi connectivity index (χ1n) is 7.43. The molecule has 1 aromatic carbocycles. The van der Waals surface area contributed by atoms with Crippen LogP contribution in [0.1, 0.15) is 37.7 Å². The van der Waals surface area contributed by atoms with Gasteiger partial charge >= 0.3 is 0 Å². The summed E-state index contributed by atoms with van der Waals surface area (Å²) in [4.78, 5) is 12.2. The van der Waals surface area contributed by atoms with Crippen molar-refractivity contribution in [3.05, 3.63) is 29.8 Å². The second-order valence-corrected chi connectivity index (χ2v) is 6.23. The standard InChI is InChI=1S/C16H20N2O/c1-2-10-9-7-13-15(14(8-9)18-16(10)19)11-5-3-4-6-12(11)17-13/h3-6,9-10,13-15,17H,2,7-8H2,1H3,(H,18,19)/t9-,10+,13-,14-,15-/m0/s1. The van der Waals surface area contributed by atoms with Crippen molar-refractivity contribution in [1.82, 2.24) is 5.32 Å². The number of benzene rings is 1. The lowest BCUT2D eigenvalue weighted by Crippen LogP contribution is -2.56. The fraction of sp³-hybridized carbons (Fsp3) is 0.562. The minimum atomic E-state index is 0.225. The average Bonchev–Trinajstić information content (AvgIpc) is 2.77. The van der Waals surface area contributed by atoms with Crippen LogP contribution in [-0.2, 0) is 4.79 Å². The highest BCUT2D eigenvalue weighted by Crippen LogP contribution is 2.49. The number of hydrogen-bond acceptors (Lipinski definition) is 2. The molecule has 2 aliphatic heterocycles. The van der Waals surface area contributed by atoms with Crippen LogP contribution in [0.2, 0.25) is 0 Å². The molecule has 1 aromatic rings. The third-order valence-corrected chi connectivity index (χ3v) is 5.31. The second kappa shape index (κ2) is 3.99. The normalized spacial score (nSPS) is 39.0. The summed E-state index contributed by atoms with van der Waals surface area (Å²) in [6.45, 7) is 2.13. The Balaban J connectivity index is 1.70. The topological polar surface area (TPSA) is 41.1 Å². The van der Waals surface area contributed by atoms with Gasteiger partial charge in [0.15, 0.2) is 0 Å². The molecule has 2 heterocycles. The maximum Gasteiger partial charge on any atom is 0.223 e. The lowest BCUT2D eigenvalue weighted by molar-refractivity contribution is -0.132. The zero-order chi connectivity index (χ0) is 13.0. The molecule has 0 radical (unpaired) electrons. The molecule has 0 spiro atoms. The number of anilines is 1. The maximum absolute atomic E-state index is 12.2. The van der Waals surface area contributed by atoms with Crippen LogP contribution in [0.3, 0.4) is 0 Å². The first-order chi connectivity index (χ1) is 9.28. The highest BCUT2D eigenvalue weighted by Gasteiger charge is 2.49. The summed E-state index contributed by atoms with van der Waals surface area (Å²) in [6.07, 6.45) is 3.26. The number of fused-ring (bicyclic) bond motifs is 6. The van der Waals surface area contributed by atoms with Crippen molar-refractivity contribution in [2.45, 2.75) is 44.2 Å². The van der Waals surface area contributed by atoms with Crippen LogP contribution in [0.4, 0.5) is 5.69 Å². The number of nitrogens with one attached hydrogen (secondary N) is 2. The highest BCUT2D eigenvalue weighted by molar-refractivity contribution is 5.81. The minimum absolute atomic E-state index is 0.225. The van der Waals surface area contributed by atoms with E-state index >= 15 is 0 Å². The van der Waals surface area contributed by atoms with Gasteiger partial charge < -0.3 is 10.6 Å². The molecule has 3 heteroatoms. The van der Waals surface area contributed by atoms with E-state index in [4.69, 9.17) is 0 Å². The van der Waals surface area contributed by atoms with Gasteiger partial charge in [0, 0.05) is 29.6 Å². The number of piperidine rings is 1. The van der Waals surface area contributed by atoms with Crippen molar-refractivity contribution in [3.63, 3.8) is 0 Å². The van der Waals surface area contributed by atoms with Crippen LogP contribution < -0.4 is 10.6 Å². The summed E-state index contributed by atoms with van der Waals surface area (Å²) < 4.78 is 0. The largest absolute Gasteiger partial charge is 0.381 e. The molecule has 4 rings (SSSR count). The fourth-order valence-electron chi connectivity index (χ4n) is 4.52. The van der Waals surface area contributed by atoms with E-state index in [1.54, 1.807) is 0 Å². The average molecular weight is 256 g/mol. The Morgan fingerprint density at radius 3 is 2.68 bits per heavy atom. The molecule has 5 atom stereocenters. The number of rotatable bonds is 1. The highest BCUT2D eigenvalue weighted by atomic mass is 16.2. The Morgan fingerprint density at radius 2 is 1.89 bits per heavy atom. The van der Waals surface area contributed by atoms with Crippen molar-refractivity contribution in [2.75, 3.05) is 5.32 Å². The van der Waals surface area contributed by atoms with E-state index in [9.17, 15) is 4.79 Å². The first kappa shape index (κ1) is 11.3. The van der Waals surface area contributed by atoms with E-state index in [1.807, 2.05) is 0 Å². The van der Waals surface area contributed by atoms with E-state index in [0.29, 0.717) is 23.9 Å². The minimum Gasteiger partial charge on any atom is -0.381 e. The number of hydrogen-bond donors (Lipinski definition) is 2. The second-order valence-electron chi connectivity index (χ2n) is 6.23. The quantitative estimate of drug-likeness (QED) is 0.810. The Morgan fingerprint density at radius 1 is 1.16 bits per heavy atom. The van der Waals surface area contributed by atoms with Crippen LogP contribution in [0, 0.1) is 11.8 Å². The van der Waals surface area contributed by atoms with Crippen LogP contribution in [-0.4, -0.2) is 18.0 Å². The summed E-state index contributed by atoms with van der Waals surface area (Å²) in [5.41, 5.74) is 2.67. The molecule has 1 saturated heterocycles. The summed E-state index contributed by atoms with van der Waals surface area (Å²) >= 11 is 0. The molecule has 1 aliphatic carbocycles. The van der Waals surface area contributed by atoms with Crippen molar-refractivity contribution in [3.8, 4) is 0 Å². The van der Waals surface area contributed by atoms with Gasteiger partial charge in [0.2, 0.25) is 5.91 Å². The molecule has 1 amide bonds. The van der Waals surface area contributed by atoms with Gasteiger partial charge in [-0.1, -0.05) is 25.1 Å². The van der Waals surface area contributed by atoms with Gasteiger partial charge in [-0.25, -0.2) is 0 Å². The Kier molecular flexibility index (Phi) is 2.38. The molecule has 0 unspecified atom stereocenters. The van der Waals surface area contributed by atoms with E-state index in [-0.39, 0.29) is 11.8 Å². The van der Waals surface area contributed by atoms with Gasteiger partial charge in [-0.3, -0.25) is 4.79 Å². The maximum atomic E-state index is 12.2. The Labute approximate surface area is 113 Å². The lowest BCUT2D eigenvalue weighted by atomic mass is 9.66. The molecule has 2 fully saturated rings. The Bertz CT molecular complexity index is 527. The molecule has 0 aromatic heterocycles. The van der Waals surface area contributed by atoms with E-state index in [0.717, 1.165) is 19.3 Å². The molecular formula is C16H20N2O. The number of para-hydroxylation sites is 1. The van der Waals surface area contributed by atoms with E-state index in [2.05, 4.69) is 41.8 Å². The van der Waals surface area contributed by atoms with Crippen molar-refractivity contribution in [1.29, 1.82) is 0 Å². The predicted molar refractivity (Wildman–Crippen MR) is 75.0 cm³/mol. The van der Waals surface area contributed by atoms with E-state index < -0.39 is 0 Å². The summed E-state index contributed by atoms with van der Waals surface area (Å²) in [5, 5.41) is 6.96. The molecular weight excluding hydrogens is 236 g/mol. The summed E-state index contributed by atoms with van der Waals surface area (Å²) in [7, 11) is 0. The fourth-order valence-corrected chi connectivity index (χ4v) is 4.52. The number of amides is 1. The zero-order valence-electron chi connectivity index (χ0n) is 11.2. The van der Waals surface area contributed by atoms with E-state index in [1.165, 1.54) is 11.3 Å². The van der Waals surface area contributed by atoms with Crippen LogP contribution in [0.15, 0.2) is 24.3 Å². The summed E-state index contributed by atoms with van der Waals surface area (Å²) in [5.74, 6) is 1.54. The first-order valence-corrected chi connectivity index (χ1v) is 7.43. The third kappa shape index (κ3) is 1.54. The molecule has 1 saturated carbocycles. The van der Waals surface area contributed by atoms with Crippen molar-refractivity contribution < 1.29 is 4.79 Å².